The summed E-state index contributed by atoms with van der Waals surface area (Å²) in [5, 5.41) is 3.08. The lowest BCUT2D eigenvalue weighted by molar-refractivity contribution is -0.836. The molecule has 0 aliphatic rings. The quantitative estimate of drug-likeness (QED) is 0.170. The number of nitrogens with one attached hydrogen (secondary N) is 1. The highest BCUT2D eigenvalue weighted by Gasteiger charge is 2.14. The maximum absolute atomic E-state index is 12.3. The molecule has 0 aliphatic heterocycles. The minimum absolute atomic E-state index is 0. The number of benzene rings is 4. The van der Waals surface area contributed by atoms with Crippen LogP contribution in [0.25, 0.3) is 0 Å². The highest BCUT2D eigenvalue weighted by molar-refractivity contribution is 8.93. The molecule has 210 valence electrons. The third-order valence-corrected chi connectivity index (χ3v) is 5.81. The molecule has 0 bridgehead atoms. The molecular weight excluding hydrogens is 696 g/mol. The lowest BCUT2D eigenvalue weighted by Crippen LogP contribution is -3.00. The van der Waals surface area contributed by atoms with E-state index >= 15 is 0 Å². The molecule has 0 fully saturated rings. The van der Waals surface area contributed by atoms with Gasteiger partial charge in [0.2, 0.25) is 0 Å². The maximum atomic E-state index is 12.3. The van der Waals surface area contributed by atoms with Crippen molar-refractivity contribution in [3.63, 3.8) is 0 Å². The van der Waals surface area contributed by atoms with Crippen LogP contribution >= 0.6 is 34.0 Å². The van der Waals surface area contributed by atoms with Crippen LogP contribution < -0.4 is 22.3 Å². The first kappa shape index (κ1) is 37.1. The molecule has 40 heavy (non-hydrogen) atoms. The molecular formula is C33H35Br3N2O2. The summed E-state index contributed by atoms with van der Waals surface area (Å²) in [6.45, 7) is 1.57. The van der Waals surface area contributed by atoms with Crippen molar-refractivity contribution in [1.82, 2.24) is 5.32 Å². The number of hydrogen-bond donors (Lipinski definition) is 1. The van der Waals surface area contributed by atoms with Gasteiger partial charge in [-0.3, -0.25) is 9.59 Å². The zero-order valence-electron chi connectivity index (χ0n) is 22.8. The summed E-state index contributed by atoms with van der Waals surface area (Å²) < 4.78 is 0.478. The SMILES string of the molecule is Br.Br.C#C[N+](C)(C)Cc1ccc(C(=O)c2ccccc2)cc1.CNCc1ccc(C(=O)c2ccccc2)cc1.[Br-]. The van der Waals surface area contributed by atoms with Crippen LogP contribution in [-0.2, 0) is 13.1 Å². The third kappa shape index (κ3) is 11.3. The largest absolute Gasteiger partial charge is 1.00 e. The Morgan fingerprint density at radius 2 is 1.00 bits per heavy atom. The van der Waals surface area contributed by atoms with Gasteiger partial charge in [-0.15, -0.1) is 34.0 Å². The molecule has 0 unspecified atom stereocenters. The molecule has 0 aliphatic carbocycles. The summed E-state index contributed by atoms with van der Waals surface area (Å²) in [5.74, 6) is 0.115. The smallest absolute Gasteiger partial charge is 0.193 e. The van der Waals surface area contributed by atoms with E-state index in [1.54, 1.807) is 0 Å². The first-order valence-corrected chi connectivity index (χ1v) is 12.2. The fraction of sp³-hybridized carbons (Fsp3) is 0.152. The first-order chi connectivity index (χ1) is 17.8. The van der Waals surface area contributed by atoms with Crippen LogP contribution in [-0.4, -0.2) is 37.2 Å². The molecule has 4 aromatic rings. The number of hydrogen-bond acceptors (Lipinski definition) is 3. The van der Waals surface area contributed by atoms with Gasteiger partial charge in [0.25, 0.3) is 0 Å². The minimum atomic E-state index is 0. The van der Waals surface area contributed by atoms with E-state index in [1.165, 1.54) is 5.56 Å². The van der Waals surface area contributed by atoms with E-state index in [2.05, 4.69) is 11.4 Å². The Morgan fingerprint density at radius 1 is 0.650 bits per heavy atom. The number of rotatable bonds is 8. The number of quaternary nitrogens is 1. The Kier molecular flexibility index (Phi) is 17.2. The normalized spacial score (nSPS) is 9.75. The zero-order chi connectivity index (χ0) is 26.7. The number of ketones is 2. The highest BCUT2D eigenvalue weighted by atomic mass is 79.9. The second kappa shape index (κ2) is 18.5. The molecule has 4 rings (SSSR count). The summed E-state index contributed by atoms with van der Waals surface area (Å²) in [5.41, 5.74) is 5.17. The van der Waals surface area contributed by atoms with Crippen molar-refractivity contribution in [3.8, 4) is 12.5 Å². The van der Waals surface area contributed by atoms with Crippen molar-refractivity contribution in [1.29, 1.82) is 0 Å². The van der Waals surface area contributed by atoms with Crippen LogP contribution in [0.4, 0.5) is 0 Å². The van der Waals surface area contributed by atoms with Crippen molar-refractivity contribution in [2.75, 3.05) is 21.1 Å². The molecule has 4 aromatic carbocycles. The number of carbonyl (C=O) groups is 2. The van der Waals surface area contributed by atoms with Gasteiger partial charge in [-0.2, -0.15) is 0 Å². The predicted molar refractivity (Wildman–Crippen MR) is 171 cm³/mol. The van der Waals surface area contributed by atoms with Crippen LogP contribution in [0.15, 0.2) is 109 Å². The minimum Gasteiger partial charge on any atom is -1.00 e. The number of nitrogens with zero attached hydrogens (tertiary/aromatic N) is 1. The van der Waals surface area contributed by atoms with Crippen LogP contribution in [0, 0.1) is 12.5 Å². The van der Waals surface area contributed by atoms with Gasteiger partial charge in [0, 0.05) is 34.4 Å². The van der Waals surface area contributed by atoms with Gasteiger partial charge >= 0.3 is 0 Å². The fourth-order valence-corrected chi connectivity index (χ4v) is 3.75. The topological polar surface area (TPSA) is 46.2 Å². The maximum Gasteiger partial charge on any atom is 0.193 e. The molecule has 0 radical (unpaired) electrons. The van der Waals surface area contributed by atoms with Crippen LogP contribution in [0.5, 0.6) is 0 Å². The summed E-state index contributed by atoms with van der Waals surface area (Å²) in [4.78, 5) is 24.4. The lowest BCUT2D eigenvalue weighted by atomic mass is 10.0. The van der Waals surface area contributed by atoms with Crippen molar-refractivity contribution in [3.05, 3.63) is 143 Å². The molecule has 0 saturated carbocycles. The van der Waals surface area contributed by atoms with Gasteiger partial charge in [0.1, 0.15) is 12.6 Å². The highest BCUT2D eigenvalue weighted by Crippen LogP contribution is 2.14. The standard InChI is InChI=1S/C18H18NO.C15H15NO.3BrH/c1-4-19(2,3)14-15-10-12-17(13-11-15)18(20)16-8-6-5-7-9-16;1-16-11-12-7-9-14(10-8-12)15(17)13-5-3-2-4-6-13;;;/h1,5-13H,14H2,2-3H3;2-10,16H,11H2,1H3;3*1H/q+1;;;;/p-1. The van der Waals surface area contributed by atoms with Crippen LogP contribution in [0.3, 0.4) is 0 Å². The predicted octanol–water partition coefficient (Wildman–Crippen LogP) is 3.88. The van der Waals surface area contributed by atoms with E-state index in [9.17, 15) is 9.59 Å². The Labute approximate surface area is 269 Å². The summed E-state index contributed by atoms with van der Waals surface area (Å²) in [6.07, 6.45) is 5.48. The molecule has 0 heterocycles. The molecule has 1 N–H and O–H groups in total. The summed E-state index contributed by atoms with van der Waals surface area (Å²) >= 11 is 0. The van der Waals surface area contributed by atoms with E-state index in [4.69, 9.17) is 6.42 Å². The van der Waals surface area contributed by atoms with Crippen molar-refractivity contribution < 1.29 is 31.1 Å². The van der Waals surface area contributed by atoms with Crippen molar-refractivity contribution in [2.24, 2.45) is 0 Å². The lowest BCUT2D eigenvalue weighted by Gasteiger charge is -2.20. The van der Waals surface area contributed by atoms with E-state index in [0.29, 0.717) is 15.6 Å². The summed E-state index contributed by atoms with van der Waals surface area (Å²) in [7, 11) is 5.86. The van der Waals surface area contributed by atoms with Gasteiger partial charge in [0.15, 0.2) is 11.6 Å². The van der Waals surface area contributed by atoms with Crippen LogP contribution in [0.1, 0.15) is 43.0 Å². The Morgan fingerprint density at radius 3 is 1.35 bits per heavy atom. The number of terminal acetylenes is 1. The molecule has 0 amide bonds. The van der Waals surface area contributed by atoms with Crippen LogP contribution in [0.2, 0.25) is 0 Å². The van der Waals surface area contributed by atoms with Gasteiger partial charge in [-0.25, -0.2) is 4.48 Å². The second-order valence-corrected chi connectivity index (χ2v) is 9.29. The van der Waals surface area contributed by atoms with E-state index < -0.39 is 0 Å². The van der Waals surface area contributed by atoms with Gasteiger partial charge in [-0.05, 0) is 12.6 Å². The van der Waals surface area contributed by atoms with E-state index in [-0.39, 0.29) is 62.5 Å². The number of carbonyl (C=O) groups excluding carboxylic acids is 2. The van der Waals surface area contributed by atoms with E-state index in [1.807, 2.05) is 130 Å². The molecule has 4 nitrogen and oxygen atoms in total. The average Bonchev–Trinajstić information content (AvgIpc) is 2.94. The first-order valence-electron chi connectivity index (χ1n) is 12.2. The van der Waals surface area contributed by atoms with Gasteiger partial charge < -0.3 is 22.3 Å². The monoisotopic (exact) mass is 728 g/mol. The van der Waals surface area contributed by atoms with Gasteiger partial charge in [0.05, 0.1) is 14.1 Å². The number of halogens is 3. The molecule has 0 atom stereocenters. The molecule has 0 saturated heterocycles. The summed E-state index contributed by atoms with van der Waals surface area (Å²) in [6, 6.07) is 36.7. The third-order valence-electron chi connectivity index (χ3n) is 5.81. The Balaban J connectivity index is 0.000000715. The Hall–Kier alpha value is -2.86. The van der Waals surface area contributed by atoms with E-state index in [0.717, 1.165) is 29.8 Å². The van der Waals surface area contributed by atoms with Crippen molar-refractivity contribution in [2.45, 2.75) is 13.1 Å². The molecule has 0 aromatic heterocycles. The average molecular weight is 731 g/mol. The molecule has 0 spiro atoms. The fourth-order valence-electron chi connectivity index (χ4n) is 3.75. The molecule has 7 heteroatoms. The zero-order valence-corrected chi connectivity index (χ0v) is 27.9. The second-order valence-electron chi connectivity index (χ2n) is 9.29. The van der Waals surface area contributed by atoms with Gasteiger partial charge in [-0.1, -0.05) is 116 Å². The van der Waals surface area contributed by atoms with Crippen molar-refractivity contribution >= 4 is 45.5 Å². The Bertz CT molecular complexity index is 1350.